The van der Waals surface area contributed by atoms with Crippen LogP contribution in [0.2, 0.25) is 0 Å². The van der Waals surface area contributed by atoms with Gasteiger partial charge in [-0.15, -0.1) is 0 Å². The standard InChI is InChI=1S/C28H29F4N3O4/c1-3-15(2)23(34-22(36)13-16-7-4-5-10-20(16)29)25(37)35-27(26(38)39)12-11-21-18(14-27)17-8-6-9-19(24(17)33-21)28(30,31)32/h4-10,15,23,33H,3,11-14H2,1-2H3,(H,34,36)(H,35,37)(H,38,39)/t15?,23?,27-/m0/s1. The van der Waals surface area contributed by atoms with Gasteiger partial charge in [-0.1, -0.05) is 50.6 Å². The van der Waals surface area contributed by atoms with Crippen LogP contribution in [0.3, 0.4) is 0 Å². The molecule has 4 rings (SSSR count). The minimum atomic E-state index is -4.60. The third kappa shape index (κ3) is 5.62. The molecule has 39 heavy (non-hydrogen) atoms. The fourth-order valence-electron chi connectivity index (χ4n) is 5.10. The molecule has 3 aromatic rings. The number of para-hydroxylation sites is 1. The number of benzene rings is 2. The molecule has 1 heterocycles. The van der Waals surface area contributed by atoms with Gasteiger partial charge >= 0.3 is 12.1 Å². The van der Waals surface area contributed by atoms with Gasteiger partial charge in [0, 0.05) is 17.5 Å². The quantitative estimate of drug-likeness (QED) is 0.311. The van der Waals surface area contributed by atoms with Crippen LogP contribution < -0.4 is 10.6 Å². The normalized spacial score (nSPS) is 18.7. The number of aliphatic carboxylic acids is 1. The molecule has 4 N–H and O–H groups in total. The summed E-state index contributed by atoms with van der Waals surface area (Å²) in [5.74, 6) is -3.61. The zero-order valence-electron chi connectivity index (χ0n) is 21.4. The molecule has 3 atom stereocenters. The monoisotopic (exact) mass is 547 g/mol. The van der Waals surface area contributed by atoms with E-state index < -0.39 is 46.9 Å². The molecule has 2 unspecified atom stereocenters. The van der Waals surface area contributed by atoms with Gasteiger partial charge in [0.1, 0.15) is 17.4 Å². The molecule has 0 saturated carbocycles. The summed E-state index contributed by atoms with van der Waals surface area (Å²) in [7, 11) is 0. The average molecular weight is 548 g/mol. The van der Waals surface area contributed by atoms with Crippen molar-refractivity contribution in [3.8, 4) is 0 Å². The molecule has 7 nitrogen and oxygen atoms in total. The van der Waals surface area contributed by atoms with Crippen molar-refractivity contribution >= 4 is 28.7 Å². The Morgan fingerprint density at radius 1 is 1.13 bits per heavy atom. The number of carbonyl (C=O) groups excluding carboxylic acids is 2. The molecule has 0 spiro atoms. The fourth-order valence-corrected chi connectivity index (χ4v) is 5.10. The number of hydrogen-bond acceptors (Lipinski definition) is 3. The minimum Gasteiger partial charge on any atom is -0.479 e. The molecular formula is C28H29F4N3O4. The van der Waals surface area contributed by atoms with Gasteiger partial charge in [0.15, 0.2) is 0 Å². The number of aromatic nitrogens is 1. The van der Waals surface area contributed by atoms with Crippen LogP contribution >= 0.6 is 0 Å². The van der Waals surface area contributed by atoms with Crippen molar-refractivity contribution in [2.45, 2.75) is 63.7 Å². The first-order valence-corrected chi connectivity index (χ1v) is 12.6. The first-order valence-electron chi connectivity index (χ1n) is 12.6. The van der Waals surface area contributed by atoms with Crippen LogP contribution in [0.25, 0.3) is 10.9 Å². The summed E-state index contributed by atoms with van der Waals surface area (Å²) in [6.45, 7) is 3.52. The Labute approximate surface area is 222 Å². The van der Waals surface area contributed by atoms with Crippen LogP contribution in [0, 0.1) is 11.7 Å². The number of halogens is 4. The van der Waals surface area contributed by atoms with Gasteiger partial charge in [0.25, 0.3) is 0 Å². The van der Waals surface area contributed by atoms with Crippen LogP contribution in [-0.4, -0.2) is 39.5 Å². The van der Waals surface area contributed by atoms with Crippen LogP contribution in [0.5, 0.6) is 0 Å². The molecule has 1 aromatic heterocycles. The number of nitrogens with one attached hydrogen (secondary N) is 3. The highest BCUT2D eigenvalue weighted by Crippen LogP contribution is 2.40. The van der Waals surface area contributed by atoms with E-state index in [4.69, 9.17) is 0 Å². The van der Waals surface area contributed by atoms with Gasteiger partial charge in [-0.05, 0) is 42.0 Å². The molecular weight excluding hydrogens is 518 g/mol. The van der Waals surface area contributed by atoms with Gasteiger partial charge in [-0.2, -0.15) is 13.2 Å². The van der Waals surface area contributed by atoms with Crippen molar-refractivity contribution in [2.75, 3.05) is 0 Å². The van der Waals surface area contributed by atoms with E-state index in [9.17, 15) is 37.1 Å². The summed E-state index contributed by atoms with van der Waals surface area (Å²) in [5, 5.41) is 15.7. The van der Waals surface area contributed by atoms with Gasteiger partial charge in [0.05, 0.1) is 17.5 Å². The van der Waals surface area contributed by atoms with Crippen LogP contribution in [0.1, 0.15) is 49.1 Å². The molecule has 1 aliphatic rings. The molecule has 11 heteroatoms. The molecule has 0 radical (unpaired) electrons. The van der Waals surface area contributed by atoms with E-state index in [0.717, 1.165) is 6.07 Å². The maximum absolute atomic E-state index is 14.0. The molecule has 0 aliphatic heterocycles. The Kier molecular flexibility index (Phi) is 7.72. The Hall–Kier alpha value is -3.89. The van der Waals surface area contributed by atoms with Gasteiger partial charge in [-0.3, -0.25) is 9.59 Å². The van der Waals surface area contributed by atoms with Crippen LogP contribution in [-0.2, 0) is 39.8 Å². The van der Waals surface area contributed by atoms with E-state index in [1.807, 2.05) is 0 Å². The second-order valence-electron chi connectivity index (χ2n) is 10.1. The van der Waals surface area contributed by atoms with Gasteiger partial charge in [-0.25, -0.2) is 9.18 Å². The molecule has 0 bridgehead atoms. The second kappa shape index (κ2) is 10.7. The molecule has 2 amide bonds. The highest BCUT2D eigenvalue weighted by atomic mass is 19.4. The number of H-pyrrole nitrogens is 1. The lowest BCUT2D eigenvalue weighted by atomic mass is 9.79. The summed E-state index contributed by atoms with van der Waals surface area (Å²) in [5.41, 5.74) is -1.74. The number of rotatable bonds is 8. The average Bonchev–Trinajstić information content (AvgIpc) is 3.25. The molecule has 2 aromatic carbocycles. The number of hydrogen-bond donors (Lipinski definition) is 4. The SMILES string of the molecule is CCC(C)C(NC(=O)Cc1ccccc1F)C(=O)N[C@@]1(C(=O)O)CCc2[nH]c3c(C(F)(F)F)cccc3c2C1. The zero-order chi connectivity index (χ0) is 28.5. The maximum Gasteiger partial charge on any atom is 0.418 e. The van der Waals surface area contributed by atoms with E-state index >= 15 is 0 Å². The summed E-state index contributed by atoms with van der Waals surface area (Å²) in [6.07, 6.45) is -4.63. The van der Waals surface area contributed by atoms with E-state index in [-0.39, 0.29) is 48.1 Å². The Morgan fingerprint density at radius 3 is 2.49 bits per heavy atom. The zero-order valence-corrected chi connectivity index (χ0v) is 21.4. The summed E-state index contributed by atoms with van der Waals surface area (Å²) in [4.78, 5) is 41.5. The number of aryl methyl sites for hydroxylation is 1. The van der Waals surface area contributed by atoms with Gasteiger partial charge in [0.2, 0.25) is 11.8 Å². The fraction of sp³-hybridized carbons (Fsp3) is 0.393. The lowest BCUT2D eigenvalue weighted by Crippen LogP contribution is -2.62. The first kappa shape index (κ1) is 28.1. The van der Waals surface area contributed by atoms with E-state index in [0.29, 0.717) is 17.7 Å². The molecule has 0 fully saturated rings. The number of alkyl halides is 3. The van der Waals surface area contributed by atoms with Crippen molar-refractivity contribution in [1.82, 2.24) is 15.6 Å². The summed E-state index contributed by atoms with van der Waals surface area (Å²) >= 11 is 0. The number of carboxylic acids is 1. The number of amides is 2. The topological polar surface area (TPSA) is 111 Å². The van der Waals surface area contributed by atoms with E-state index in [1.54, 1.807) is 19.9 Å². The van der Waals surface area contributed by atoms with E-state index in [2.05, 4.69) is 15.6 Å². The van der Waals surface area contributed by atoms with Crippen molar-refractivity contribution in [3.63, 3.8) is 0 Å². The Balaban J connectivity index is 1.60. The van der Waals surface area contributed by atoms with Crippen molar-refractivity contribution in [2.24, 2.45) is 5.92 Å². The molecule has 0 saturated heterocycles. The summed E-state index contributed by atoms with van der Waals surface area (Å²) < 4.78 is 54.7. The summed E-state index contributed by atoms with van der Waals surface area (Å²) in [6, 6.07) is 8.36. The number of fused-ring (bicyclic) bond motifs is 3. The Bertz CT molecular complexity index is 1420. The molecule has 1 aliphatic carbocycles. The van der Waals surface area contributed by atoms with Gasteiger partial charge < -0.3 is 20.7 Å². The third-order valence-electron chi connectivity index (χ3n) is 7.51. The highest BCUT2D eigenvalue weighted by molar-refractivity contribution is 5.95. The number of carbonyl (C=O) groups is 3. The van der Waals surface area contributed by atoms with Crippen molar-refractivity contribution in [1.29, 1.82) is 0 Å². The molecule has 208 valence electrons. The highest BCUT2D eigenvalue weighted by Gasteiger charge is 2.46. The second-order valence-corrected chi connectivity index (χ2v) is 10.1. The third-order valence-corrected chi connectivity index (χ3v) is 7.51. The maximum atomic E-state index is 14.0. The van der Waals surface area contributed by atoms with Crippen LogP contribution in [0.15, 0.2) is 42.5 Å². The predicted octanol–water partition coefficient (Wildman–Crippen LogP) is 4.53. The smallest absolute Gasteiger partial charge is 0.418 e. The number of carboxylic acid groups (broad SMARTS) is 1. The minimum absolute atomic E-state index is 0.0638. The largest absolute Gasteiger partial charge is 0.479 e. The van der Waals surface area contributed by atoms with E-state index in [1.165, 1.54) is 30.3 Å². The number of aromatic amines is 1. The first-order chi connectivity index (χ1) is 18.4. The Morgan fingerprint density at radius 2 is 1.85 bits per heavy atom. The lowest BCUT2D eigenvalue weighted by Gasteiger charge is -2.36. The predicted molar refractivity (Wildman–Crippen MR) is 135 cm³/mol. The van der Waals surface area contributed by atoms with Crippen molar-refractivity contribution in [3.05, 3.63) is 70.7 Å². The van der Waals surface area contributed by atoms with Crippen LogP contribution in [0.4, 0.5) is 17.6 Å². The lowest BCUT2D eigenvalue weighted by molar-refractivity contribution is -0.149. The van der Waals surface area contributed by atoms with Crippen molar-refractivity contribution < 1.29 is 37.1 Å².